The zero-order chi connectivity index (χ0) is 11.9. The first-order valence-corrected chi connectivity index (χ1v) is 5.65. The fraction of sp³-hybridized carbons (Fsp3) is 0.300. The van der Waals surface area contributed by atoms with Crippen molar-refractivity contribution in [2.45, 2.75) is 11.4 Å². The fourth-order valence-corrected chi connectivity index (χ4v) is 3.03. The van der Waals surface area contributed by atoms with Gasteiger partial charge in [0.25, 0.3) is 0 Å². The maximum atomic E-state index is 11.5. The SMILES string of the molecule is C=C=CC1=C(C(=O)O)N2C(=O)C(N)[C@@H]2SC1. The molecule has 0 radical (unpaired) electrons. The number of aliphatic carboxylic acids is 1. The highest BCUT2D eigenvalue weighted by atomic mass is 32.2. The molecule has 16 heavy (non-hydrogen) atoms. The zero-order valence-electron chi connectivity index (χ0n) is 8.34. The average Bonchev–Trinajstić information content (AvgIpc) is 2.27. The molecule has 0 aromatic heterocycles. The molecule has 6 heteroatoms. The van der Waals surface area contributed by atoms with Crippen LogP contribution in [0.15, 0.2) is 29.7 Å². The standard InChI is InChI=1S/C10H10N2O3S/c1-2-3-5-4-16-9-6(11)8(13)12(9)7(5)10(14)15/h3,6,9H,1,4,11H2,(H,14,15)/t6?,9-/m0/s1. The number of β-lactam (4-membered cyclic amide) rings is 1. The van der Waals surface area contributed by atoms with Crippen molar-refractivity contribution in [3.63, 3.8) is 0 Å². The average molecular weight is 238 g/mol. The number of carbonyl (C=O) groups is 2. The van der Waals surface area contributed by atoms with E-state index in [4.69, 9.17) is 10.8 Å². The van der Waals surface area contributed by atoms with Crippen LogP contribution >= 0.6 is 11.8 Å². The van der Waals surface area contributed by atoms with Crippen molar-refractivity contribution in [1.29, 1.82) is 0 Å². The molecule has 3 N–H and O–H groups in total. The molecule has 1 amide bonds. The van der Waals surface area contributed by atoms with E-state index >= 15 is 0 Å². The van der Waals surface area contributed by atoms with Gasteiger partial charge in [-0.05, 0) is 6.08 Å². The lowest BCUT2D eigenvalue weighted by Crippen LogP contribution is -2.68. The number of rotatable bonds is 2. The highest BCUT2D eigenvalue weighted by molar-refractivity contribution is 8.00. The maximum Gasteiger partial charge on any atom is 0.352 e. The number of hydrogen-bond acceptors (Lipinski definition) is 4. The third-order valence-electron chi connectivity index (χ3n) is 2.52. The summed E-state index contributed by atoms with van der Waals surface area (Å²) in [7, 11) is 0. The molecule has 2 aliphatic rings. The van der Waals surface area contributed by atoms with Crippen LogP contribution in [0.25, 0.3) is 0 Å². The first kappa shape index (κ1) is 11.0. The van der Waals surface area contributed by atoms with Crippen molar-refractivity contribution in [3.8, 4) is 0 Å². The number of fused-ring (bicyclic) bond motifs is 1. The number of thioether (sulfide) groups is 1. The molecule has 2 rings (SSSR count). The van der Waals surface area contributed by atoms with Gasteiger partial charge in [-0.3, -0.25) is 9.69 Å². The third kappa shape index (κ3) is 1.39. The van der Waals surface area contributed by atoms with Gasteiger partial charge in [-0.25, -0.2) is 4.79 Å². The van der Waals surface area contributed by atoms with E-state index in [1.54, 1.807) is 0 Å². The van der Waals surface area contributed by atoms with E-state index in [2.05, 4.69) is 12.3 Å². The molecule has 0 aromatic rings. The van der Waals surface area contributed by atoms with Crippen LogP contribution in [0.1, 0.15) is 0 Å². The number of carboxylic acid groups (broad SMARTS) is 1. The number of hydrogen-bond donors (Lipinski definition) is 2. The molecule has 84 valence electrons. The second-order valence-corrected chi connectivity index (χ2v) is 4.57. The van der Waals surface area contributed by atoms with Gasteiger partial charge in [-0.2, -0.15) is 0 Å². The van der Waals surface area contributed by atoms with Crippen molar-refractivity contribution < 1.29 is 14.7 Å². The molecule has 0 bridgehead atoms. The van der Waals surface area contributed by atoms with Crippen LogP contribution in [-0.2, 0) is 9.59 Å². The molecule has 0 saturated carbocycles. The van der Waals surface area contributed by atoms with E-state index in [1.807, 2.05) is 0 Å². The van der Waals surface area contributed by atoms with Gasteiger partial charge in [-0.15, -0.1) is 17.5 Å². The Morgan fingerprint density at radius 3 is 3.00 bits per heavy atom. The highest BCUT2D eigenvalue weighted by Gasteiger charge is 2.51. The normalized spacial score (nSPS) is 28.1. The number of carboxylic acids is 1. The van der Waals surface area contributed by atoms with Gasteiger partial charge >= 0.3 is 5.97 Å². The van der Waals surface area contributed by atoms with Gasteiger partial charge in [-0.1, -0.05) is 6.58 Å². The van der Waals surface area contributed by atoms with Gasteiger partial charge in [0, 0.05) is 11.3 Å². The molecule has 2 atom stereocenters. The lowest BCUT2D eigenvalue weighted by atomic mass is 10.0. The molecule has 1 fully saturated rings. The van der Waals surface area contributed by atoms with Crippen molar-refractivity contribution in [1.82, 2.24) is 4.90 Å². The lowest BCUT2D eigenvalue weighted by Gasteiger charge is -2.47. The Balaban J connectivity index is 2.45. The van der Waals surface area contributed by atoms with E-state index in [1.165, 1.54) is 22.7 Å². The summed E-state index contributed by atoms with van der Waals surface area (Å²) in [5.41, 5.74) is 8.67. The van der Waals surface area contributed by atoms with Crippen LogP contribution < -0.4 is 5.73 Å². The van der Waals surface area contributed by atoms with E-state index in [9.17, 15) is 9.59 Å². The van der Waals surface area contributed by atoms with E-state index < -0.39 is 12.0 Å². The summed E-state index contributed by atoms with van der Waals surface area (Å²) in [6.07, 6.45) is 1.49. The van der Waals surface area contributed by atoms with Crippen LogP contribution in [-0.4, -0.2) is 39.1 Å². The van der Waals surface area contributed by atoms with Gasteiger partial charge in [0.2, 0.25) is 5.91 Å². The van der Waals surface area contributed by atoms with Gasteiger partial charge < -0.3 is 10.8 Å². The molecule has 0 aromatic carbocycles. The second-order valence-electron chi connectivity index (χ2n) is 3.46. The third-order valence-corrected chi connectivity index (χ3v) is 3.84. The van der Waals surface area contributed by atoms with E-state index in [0.717, 1.165) is 0 Å². The predicted molar refractivity (Wildman–Crippen MR) is 59.4 cm³/mol. The first-order chi connectivity index (χ1) is 7.57. The minimum atomic E-state index is -1.12. The van der Waals surface area contributed by atoms with E-state index in [-0.39, 0.29) is 17.0 Å². The molecule has 1 saturated heterocycles. The summed E-state index contributed by atoms with van der Waals surface area (Å²) >= 11 is 1.45. The predicted octanol–water partition coefficient (Wildman–Crippen LogP) is -0.0914. The summed E-state index contributed by atoms with van der Waals surface area (Å²) in [4.78, 5) is 23.9. The van der Waals surface area contributed by atoms with Crippen LogP contribution in [0.3, 0.4) is 0 Å². The Labute approximate surface area is 96.3 Å². The summed E-state index contributed by atoms with van der Waals surface area (Å²) in [6, 6.07) is -0.589. The van der Waals surface area contributed by atoms with E-state index in [0.29, 0.717) is 11.3 Å². The Bertz CT molecular complexity index is 451. The first-order valence-electron chi connectivity index (χ1n) is 4.60. The number of allylic oxidation sites excluding steroid dienone is 1. The van der Waals surface area contributed by atoms with Gasteiger partial charge in [0.15, 0.2) is 0 Å². The highest BCUT2D eigenvalue weighted by Crippen LogP contribution is 2.39. The van der Waals surface area contributed by atoms with Crippen molar-refractivity contribution in [2.75, 3.05) is 5.75 Å². The Morgan fingerprint density at radius 1 is 1.75 bits per heavy atom. The van der Waals surface area contributed by atoms with Crippen LogP contribution in [0.2, 0.25) is 0 Å². The topological polar surface area (TPSA) is 83.6 Å². The smallest absolute Gasteiger partial charge is 0.352 e. The zero-order valence-corrected chi connectivity index (χ0v) is 9.16. The Morgan fingerprint density at radius 2 is 2.44 bits per heavy atom. The quantitative estimate of drug-likeness (QED) is 0.519. The lowest BCUT2D eigenvalue weighted by molar-refractivity contribution is -0.147. The minimum Gasteiger partial charge on any atom is -0.477 e. The Kier molecular flexibility index (Phi) is 2.63. The van der Waals surface area contributed by atoms with Gasteiger partial charge in [0.05, 0.1) is 0 Å². The Hall–Kier alpha value is -1.49. The maximum absolute atomic E-state index is 11.5. The summed E-state index contributed by atoms with van der Waals surface area (Å²) in [6.45, 7) is 3.40. The minimum absolute atomic E-state index is 0.00611. The molecule has 1 unspecified atom stereocenters. The number of amides is 1. The number of nitrogens with two attached hydrogens (primary N) is 1. The number of carbonyl (C=O) groups excluding carboxylic acids is 1. The van der Waals surface area contributed by atoms with Crippen molar-refractivity contribution in [2.24, 2.45) is 5.73 Å². The summed E-state index contributed by atoms with van der Waals surface area (Å²) in [5.74, 6) is -0.955. The monoisotopic (exact) mass is 238 g/mol. The number of nitrogens with zero attached hydrogens (tertiary/aromatic N) is 1. The van der Waals surface area contributed by atoms with Crippen molar-refractivity contribution >= 4 is 23.6 Å². The van der Waals surface area contributed by atoms with Gasteiger partial charge in [0.1, 0.15) is 17.1 Å². The molecule has 0 aliphatic carbocycles. The molecular formula is C10H10N2O3S. The molecule has 5 nitrogen and oxygen atoms in total. The van der Waals surface area contributed by atoms with Crippen molar-refractivity contribution in [3.05, 3.63) is 29.7 Å². The summed E-state index contributed by atoms with van der Waals surface area (Å²) < 4.78 is 0. The largest absolute Gasteiger partial charge is 0.477 e. The molecular weight excluding hydrogens is 228 g/mol. The molecule has 2 aliphatic heterocycles. The van der Waals surface area contributed by atoms with Crippen LogP contribution in [0.5, 0.6) is 0 Å². The fourth-order valence-electron chi connectivity index (χ4n) is 1.77. The molecule has 2 heterocycles. The summed E-state index contributed by atoms with van der Waals surface area (Å²) in [5, 5.41) is 8.84. The molecule has 0 spiro atoms. The van der Waals surface area contributed by atoms with Crippen LogP contribution in [0, 0.1) is 0 Å². The van der Waals surface area contributed by atoms with Crippen LogP contribution in [0.4, 0.5) is 0 Å². The second kappa shape index (κ2) is 3.83.